The van der Waals surface area contributed by atoms with Gasteiger partial charge in [-0.05, 0) is 12.0 Å². The van der Waals surface area contributed by atoms with Gasteiger partial charge in [0.15, 0.2) is 0 Å². The molecule has 0 aliphatic rings. The van der Waals surface area contributed by atoms with Gasteiger partial charge in [-0.25, -0.2) is 0 Å². The van der Waals surface area contributed by atoms with Gasteiger partial charge < -0.3 is 10.4 Å². The molecular weight excluding hydrogens is 190 g/mol. The van der Waals surface area contributed by atoms with Gasteiger partial charge in [0.25, 0.3) is 0 Å². The van der Waals surface area contributed by atoms with Crippen molar-refractivity contribution >= 4 is 5.97 Å². The normalized spacial score (nSPS) is 12.7. The van der Waals surface area contributed by atoms with Gasteiger partial charge in [-0.2, -0.15) is 0 Å². The van der Waals surface area contributed by atoms with Crippen molar-refractivity contribution in [2.75, 3.05) is 0 Å². The van der Waals surface area contributed by atoms with E-state index in [4.69, 9.17) is 5.11 Å². The maximum Gasteiger partial charge on any atom is 0.321 e. The zero-order chi connectivity index (χ0) is 11.3. The summed E-state index contributed by atoms with van der Waals surface area (Å²) in [6, 6.07) is 9.32. The van der Waals surface area contributed by atoms with E-state index >= 15 is 0 Å². The van der Waals surface area contributed by atoms with Crippen LogP contribution >= 0.6 is 0 Å². The van der Waals surface area contributed by atoms with Crippen molar-refractivity contribution in [1.29, 1.82) is 0 Å². The number of nitrogens with one attached hydrogen (secondary N) is 1. The second-order valence-electron chi connectivity index (χ2n) is 3.90. The third-order valence-corrected chi connectivity index (χ3v) is 2.12. The van der Waals surface area contributed by atoms with Gasteiger partial charge in [-0.1, -0.05) is 44.2 Å². The first-order valence-corrected chi connectivity index (χ1v) is 5.12. The predicted octanol–water partition coefficient (Wildman–Crippen LogP) is 1.68. The molecule has 0 heterocycles. The Hall–Kier alpha value is -1.35. The number of rotatable bonds is 5. The second kappa shape index (κ2) is 5.51. The van der Waals surface area contributed by atoms with E-state index in [1.165, 1.54) is 0 Å². The Morgan fingerprint density at radius 3 is 2.40 bits per heavy atom. The fourth-order valence-electron chi connectivity index (χ4n) is 1.47. The molecule has 0 amide bonds. The molecule has 1 unspecified atom stereocenters. The summed E-state index contributed by atoms with van der Waals surface area (Å²) in [5.74, 6) is -0.799. The Kier molecular flexibility index (Phi) is 4.31. The van der Waals surface area contributed by atoms with Crippen molar-refractivity contribution in [3.05, 3.63) is 35.9 Å². The van der Waals surface area contributed by atoms with Crippen LogP contribution in [0.25, 0.3) is 0 Å². The van der Waals surface area contributed by atoms with Gasteiger partial charge in [-0.3, -0.25) is 4.79 Å². The number of carboxylic acid groups (broad SMARTS) is 1. The van der Waals surface area contributed by atoms with Crippen LogP contribution in [0.1, 0.15) is 19.4 Å². The van der Waals surface area contributed by atoms with E-state index in [0.717, 1.165) is 5.56 Å². The number of hydrogen-bond donors (Lipinski definition) is 2. The molecule has 0 aliphatic heterocycles. The standard InChI is InChI=1S/C12H17NO2/c1-9(2)13-11(12(14)15)8-10-6-4-3-5-7-10/h3-7,9,11,13H,8H2,1-2H3,(H,14,15). The molecule has 0 fully saturated rings. The van der Waals surface area contributed by atoms with Crippen LogP contribution < -0.4 is 5.32 Å². The summed E-state index contributed by atoms with van der Waals surface area (Å²) >= 11 is 0. The molecule has 3 nitrogen and oxygen atoms in total. The van der Waals surface area contributed by atoms with Gasteiger partial charge in [0.1, 0.15) is 6.04 Å². The van der Waals surface area contributed by atoms with E-state index in [1.54, 1.807) is 0 Å². The molecule has 15 heavy (non-hydrogen) atoms. The van der Waals surface area contributed by atoms with E-state index in [9.17, 15) is 4.79 Å². The van der Waals surface area contributed by atoms with Crippen LogP contribution in [-0.2, 0) is 11.2 Å². The molecule has 2 N–H and O–H groups in total. The largest absolute Gasteiger partial charge is 0.480 e. The molecule has 3 heteroatoms. The molecule has 0 aromatic heterocycles. The lowest BCUT2D eigenvalue weighted by Gasteiger charge is -2.17. The van der Waals surface area contributed by atoms with Crippen LogP contribution in [0.15, 0.2) is 30.3 Å². The van der Waals surface area contributed by atoms with Crippen LogP contribution in [0.5, 0.6) is 0 Å². The number of carboxylic acids is 1. The molecule has 0 saturated heterocycles. The molecule has 0 spiro atoms. The highest BCUT2D eigenvalue weighted by Crippen LogP contribution is 2.04. The number of benzene rings is 1. The van der Waals surface area contributed by atoms with E-state index in [0.29, 0.717) is 6.42 Å². The Bertz CT molecular complexity index is 309. The lowest BCUT2D eigenvalue weighted by molar-refractivity contribution is -0.139. The van der Waals surface area contributed by atoms with Crippen molar-refractivity contribution < 1.29 is 9.90 Å². The van der Waals surface area contributed by atoms with Crippen molar-refractivity contribution in [1.82, 2.24) is 5.32 Å². The molecule has 0 radical (unpaired) electrons. The quantitative estimate of drug-likeness (QED) is 0.772. The molecular formula is C12H17NO2. The molecule has 0 aliphatic carbocycles. The molecule has 82 valence electrons. The summed E-state index contributed by atoms with van der Waals surface area (Å²) in [5.41, 5.74) is 1.04. The lowest BCUT2D eigenvalue weighted by atomic mass is 10.1. The second-order valence-corrected chi connectivity index (χ2v) is 3.90. The van der Waals surface area contributed by atoms with E-state index in [1.807, 2.05) is 44.2 Å². The minimum atomic E-state index is -0.799. The molecule has 0 saturated carbocycles. The van der Waals surface area contributed by atoms with Gasteiger partial charge in [-0.15, -0.1) is 0 Å². The van der Waals surface area contributed by atoms with Crippen LogP contribution in [-0.4, -0.2) is 23.2 Å². The molecule has 1 aromatic rings. The van der Waals surface area contributed by atoms with Crippen molar-refractivity contribution in [2.45, 2.75) is 32.4 Å². The first-order valence-electron chi connectivity index (χ1n) is 5.12. The predicted molar refractivity (Wildman–Crippen MR) is 59.8 cm³/mol. The average molecular weight is 207 g/mol. The molecule has 1 aromatic carbocycles. The Labute approximate surface area is 90.1 Å². The Morgan fingerprint density at radius 2 is 1.93 bits per heavy atom. The first-order chi connectivity index (χ1) is 7.09. The number of carbonyl (C=O) groups is 1. The average Bonchev–Trinajstić information content (AvgIpc) is 2.17. The zero-order valence-corrected chi connectivity index (χ0v) is 9.10. The fraction of sp³-hybridized carbons (Fsp3) is 0.417. The minimum absolute atomic E-state index is 0.176. The summed E-state index contributed by atoms with van der Waals surface area (Å²) in [7, 11) is 0. The summed E-state index contributed by atoms with van der Waals surface area (Å²) in [6.07, 6.45) is 0.522. The SMILES string of the molecule is CC(C)NC(Cc1ccccc1)C(=O)O. The number of aliphatic carboxylic acids is 1. The summed E-state index contributed by atoms with van der Waals surface area (Å²) in [4.78, 5) is 11.0. The van der Waals surface area contributed by atoms with Gasteiger partial charge >= 0.3 is 5.97 Å². The molecule has 1 rings (SSSR count). The maximum absolute atomic E-state index is 11.0. The first kappa shape index (κ1) is 11.7. The number of hydrogen-bond acceptors (Lipinski definition) is 2. The van der Waals surface area contributed by atoms with Gasteiger partial charge in [0, 0.05) is 6.04 Å². The summed E-state index contributed by atoms with van der Waals surface area (Å²) in [5, 5.41) is 12.0. The maximum atomic E-state index is 11.0. The summed E-state index contributed by atoms with van der Waals surface area (Å²) in [6.45, 7) is 3.89. The van der Waals surface area contributed by atoms with Crippen molar-refractivity contribution in [2.24, 2.45) is 0 Å². The van der Waals surface area contributed by atoms with E-state index in [-0.39, 0.29) is 6.04 Å². The highest BCUT2D eigenvalue weighted by atomic mass is 16.4. The highest BCUT2D eigenvalue weighted by molar-refractivity contribution is 5.73. The van der Waals surface area contributed by atoms with Gasteiger partial charge in [0.2, 0.25) is 0 Å². The topological polar surface area (TPSA) is 49.3 Å². The lowest BCUT2D eigenvalue weighted by Crippen LogP contribution is -2.42. The minimum Gasteiger partial charge on any atom is -0.480 e. The summed E-state index contributed by atoms with van der Waals surface area (Å²) < 4.78 is 0. The van der Waals surface area contributed by atoms with Crippen LogP contribution in [0.2, 0.25) is 0 Å². The Morgan fingerprint density at radius 1 is 1.33 bits per heavy atom. The third kappa shape index (κ3) is 4.13. The van der Waals surface area contributed by atoms with Crippen LogP contribution in [0.4, 0.5) is 0 Å². The molecule has 0 bridgehead atoms. The highest BCUT2D eigenvalue weighted by Gasteiger charge is 2.17. The Balaban J connectivity index is 2.63. The smallest absolute Gasteiger partial charge is 0.321 e. The van der Waals surface area contributed by atoms with Crippen LogP contribution in [0.3, 0.4) is 0 Å². The molecule has 1 atom stereocenters. The monoisotopic (exact) mass is 207 g/mol. The van der Waals surface area contributed by atoms with Crippen LogP contribution in [0, 0.1) is 0 Å². The van der Waals surface area contributed by atoms with Gasteiger partial charge in [0.05, 0.1) is 0 Å². The van der Waals surface area contributed by atoms with Crippen molar-refractivity contribution in [3.63, 3.8) is 0 Å². The van der Waals surface area contributed by atoms with E-state index < -0.39 is 12.0 Å². The zero-order valence-electron chi connectivity index (χ0n) is 9.10. The van der Waals surface area contributed by atoms with E-state index in [2.05, 4.69) is 5.32 Å². The third-order valence-electron chi connectivity index (χ3n) is 2.12. The van der Waals surface area contributed by atoms with Crippen molar-refractivity contribution in [3.8, 4) is 0 Å². The fourth-order valence-corrected chi connectivity index (χ4v) is 1.47.